The molecule has 17 heavy (non-hydrogen) atoms. The number of halogens is 1. The summed E-state index contributed by atoms with van der Waals surface area (Å²) in [5.41, 5.74) is -0.235. The van der Waals surface area contributed by atoms with Crippen LogP contribution in [-0.4, -0.2) is 41.6 Å². The van der Waals surface area contributed by atoms with Crippen molar-refractivity contribution in [1.29, 1.82) is 0 Å². The first-order chi connectivity index (χ1) is 8.09. The molecule has 1 amide bonds. The molecular formula is C12H15FN2O2. The number of phenolic OH excluding ortho intramolecular Hbond substituents is 1. The molecule has 92 valence electrons. The van der Waals surface area contributed by atoms with Crippen molar-refractivity contribution in [3.8, 4) is 5.75 Å². The van der Waals surface area contributed by atoms with Gasteiger partial charge in [-0.2, -0.15) is 0 Å². The van der Waals surface area contributed by atoms with E-state index in [-0.39, 0.29) is 17.4 Å². The first-order valence-electron chi connectivity index (χ1n) is 5.59. The van der Waals surface area contributed by atoms with Gasteiger partial charge in [0.1, 0.15) is 17.1 Å². The van der Waals surface area contributed by atoms with Crippen LogP contribution in [0.4, 0.5) is 4.39 Å². The summed E-state index contributed by atoms with van der Waals surface area (Å²) < 4.78 is 13.5. The van der Waals surface area contributed by atoms with E-state index in [1.54, 1.807) is 4.90 Å². The highest BCUT2D eigenvalue weighted by molar-refractivity contribution is 5.97. The molecule has 0 saturated carbocycles. The van der Waals surface area contributed by atoms with Gasteiger partial charge in [-0.05, 0) is 19.1 Å². The van der Waals surface area contributed by atoms with Gasteiger partial charge in [-0.15, -0.1) is 0 Å². The number of amides is 1. The molecular weight excluding hydrogens is 223 g/mol. The van der Waals surface area contributed by atoms with Crippen molar-refractivity contribution in [2.75, 3.05) is 19.6 Å². The lowest BCUT2D eigenvalue weighted by Gasteiger charge is -2.32. The highest BCUT2D eigenvalue weighted by atomic mass is 19.1. The van der Waals surface area contributed by atoms with E-state index in [9.17, 15) is 14.3 Å². The van der Waals surface area contributed by atoms with Crippen LogP contribution in [0.25, 0.3) is 0 Å². The number of nitrogens with zero attached hydrogens (tertiary/aromatic N) is 1. The van der Waals surface area contributed by atoms with Crippen molar-refractivity contribution in [3.63, 3.8) is 0 Å². The lowest BCUT2D eigenvalue weighted by atomic mass is 10.1. The van der Waals surface area contributed by atoms with E-state index in [1.807, 2.05) is 6.92 Å². The molecule has 0 unspecified atom stereocenters. The second kappa shape index (κ2) is 4.71. The van der Waals surface area contributed by atoms with Crippen LogP contribution in [0.15, 0.2) is 18.2 Å². The van der Waals surface area contributed by atoms with Gasteiger partial charge < -0.3 is 15.3 Å². The van der Waals surface area contributed by atoms with Crippen molar-refractivity contribution in [3.05, 3.63) is 29.6 Å². The molecule has 1 saturated heterocycles. The number of rotatable bonds is 1. The molecule has 0 aliphatic carbocycles. The van der Waals surface area contributed by atoms with Gasteiger partial charge in [0.2, 0.25) is 0 Å². The van der Waals surface area contributed by atoms with Crippen molar-refractivity contribution >= 4 is 5.91 Å². The lowest BCUT2D eigenvalue weighted by Crippen LogP contribution is -2.51. The third-order valence-electron chi connectivity index (χ3n) is 2.86. The Morgan fingerprint density at radius 3 is 3.00 bits per heavy atom. The Bertz CT molecular complexity index is 416. The molecule has 2 rings (SSSR count). The smallest absolute Gasteiger partial charge is 0.260 e. The van der Waals surface area contributed by atoms with Crippen LogP contribution in [0.2, 0.25) is 0 Å². The molecule has 0 spiro atoms. The third kappa shape index (κ3) is 2.39. The van der Waals surface area contributed by atoms with Crippen LogP contribution in [0.1, 0.15) is 17.3 Å². The van der Waals surface area contributed by atoms with Gasteiger partial charge in [-0.3, -0.25) is 4.79 Å². The van der Waals surface area contributed by atoms with Crippen molar-refractivity contribution in [2.24, 2.45) is 0 Å². The highest BCUT2D eigenvalue weighted by Gasteiger charge is 2.25. The van der Waals surface area contributed by atoms with Crippen LogP contribution in [-0.2, 0) is 0 Å². The van der Waals surface area contributed by atoms with Crippen molar-refractivity contribution in [1.82, 2.24) is 10.2 Å². The number of carbonyl (C=O) groups is 1. The normalized spacial score (nSPS) is 20.4. The van der Waals surface area contributed by atoms with E-state index in [2.05, 4.69) is 5.32 Å². The standard InChI is InChI=1S/C12H15FN2O2/c1-8-7-15(6-5-14-8)12(17)11-9(13)3-2-4-10(11)16/h2-4,8,14,16H,5-7H2,1H3/t8-/m0/s1. The van der Waals surface area contributed by atoms with Crippen molar-refractivity contribution < 1.29 is 14.3 Å². The lowest BCUT2D eigenvalue weighted by molar-refractivity contribution is 0.0701. The van der Waals surface area contributed by atoms with E-state index in [0.29, 0.717) is 19.6 Å². The number of benzene rings is 1. The number of hydrogen-bond acceptors (Lipinski definition) is 3. The van der Waals surface area contributed by atoms with Gasteiger partial charge in [0.15, 0.2) is 0 Å². The number of aromatic hydroxyl groups is 1. The van der Waals surface area contributed by atoms with Crippen LogP contribution in [0.3, 0.4) is 0 Å². The monoisotopic (exact) mass is 238 g/mol. The van der Waals surface area contributed by atoms with Gasteiger partial charge >= 0.3 is 0 Å². The molecule has 1 atom stereocenters. The van der Waals surface area contributed by atoms with Crippen LogP contribution >= 0.6 is 0 Å². The van der Waals surface area contributed by atoms with E-state index in [1.165, 1.54) is 18.2 Å². The SMILES string of the molecule is C[C@H]1CN(C(=O)c2c(O)cccc2F)CCN1. The maximum Gasteiger partial charge on any atom is 0.260 e. The number of carbonyl (C=O) groups excluding carboxylic acids is 1. The van der Waals surface area contributed by atoms with E-state index >= 15 is 0 Å². The summed E-state index contributed by atoms with van der Waals surface area (Å²) in [4.78, 5) is 13.6. The zero-order valence-electron chi connectivity index (χ0n) is 9.61. The Hall–Kier alpha value is -1.62. The molecule has 0 aromatic heterocycles. The summed E-state index contributed by atoms with van der Waals surface area (Å²) in [6.07, 6.45) is 0. The predicted octanol–water partition coefficient (Wildman–Crippen LogP) is 0.965. The minimum Gasteiger partial charge on any atom is -0.507 e. The number of piperazine rings is 1. The fraction of sp³-hybridized carbons (Fsp3) is 0.417. The van der Waals surface area contributed by atoms with Gasteiger partial charge in [0.05, 0.1) is 0 Å². The third-order valence-corrected chi connectivity index (χ3v) is 2.86. The number of phenols is 1. The molecule has 0 radical (unpaired) electrons. The Labute approximate surface area is 99.0 Å². The summed E-state index contributed by atoms with van der Waals surface area (Å²) in [6.45, 7) is 3.69. The second-order valence-corrected chi connectivity index (χ2v) is 4.24. The average molecular weight is 238 g/mol. The Morgan fingerprint density at radius 1 is 1.59 bits per heavy atom. The largest absolute Gasteiger partial charge is 0.507 e. The molecule has 1 aromatic rings. The number of hydrogen-bond donors (Lipinski definition) is 2. The van der Waals surface area contributed by atoms with E-state index in [4.69, 9.17) is 0 Å². The fourth-order valence-electron chi connectivity index (χ4n) is 2.00. The minimum atomic E-state index is -0.679. The molecule has 1 aliphatic rings. The zero-order valence-corrected chi connectivity index (χ0v) is 9.61. The fourth-order valence-corrected chi connectivity index (χ4v) is 2.00. The maximum absolute atomic E-state index is 13.5. The van der Waals surface area contributed by atoms with Gasteiger partial charge in [-0.1, -0.05) is 6.07 Å². The molecule has 1 aromatic carbocycles. The summed E-state index contributed by atoms with van der Waals surface area (Å²) >= 11 is 0. The topological polar surface area (TPSA) is 52.6 Å². The molecule has 1 fully saturated rings. The van der Waals surface area contributed by atoms with Gasteiger partial charge in [0, 0.05) is 25.7 Å². The number of nitrogens with one attached hydrogen (secondary N) is 1. The molecule has 1 heterocycles. The van der Waals surface area contributed by atoms with E-state index < -0.39 is 11.7 Å². The highest BCUT2D eigenvalue weighted by Crippen LogP contribution is 2.22. The first-order valence-corrected chi connectivity index (χ1v) is 5.59. The van der Waals surface area contributed by atoms with E-state index in [0.717, 1.165) is 0 Å². The Morgan fingerprint density at radius 2 is 2.35 bits per heavy atom. The van der Waals surface area contributed by atoms with Gasteiger partial charge in [0.25, 0.3) is 5.91 Å². The summed E-state index contributed by atoms with van der Waals surface area (Å²) in [5.74, 6) is -1.43. The maximum atomic E-state index is 13.5. The Kier molecular flexibility index (Phi) is 3.28. The average Bonchev–Trinajstić information content (AvgIpc) is 2.28. The van der Waals surface area contributed by atoms with Crippen LogP contribution < -0.4 is 5.32 Å². The molecule has 1 aliphatic heterocycles. The summed E-state index contributed by atoms with van der Waals surface area (Å²) in [5, 5.41) is 12.8. The molecule has 0 bridgehead atoms. The molecule has 4 nitrogen and oxygen atoms in total. The van der Waals surface area contributed by atoms with Crippen molar-refractivity contribution in [2.45, 2.75) is 13.0 Å². The van der Waals surface area contributed by atoms with Crippen LogP contribution in [0.5, 0.6) is 5.75 Å². The predicted molar refractivity (Wildman–Crippen MR) is 61.4 cm³/mol. The molecule has 5 heteroatoms. The Balaban J connectivity index is 2.24. The van der Waals surface area contributed by atoms with Gasteiger partial charge in [-0.25, -0.2) is 4.39 Å². The second-order valence-electron chi connectivity index (χ2n) is 4.24. The quantitative estimate of drug-likeness (QED) is 0.766. The minimum absolute atomic E-state index is 0.182. The summed E-state index contributed by atoms with van der Waals surface area (Å²) in [7, 11) is 0. The molecule has 2 N–H and O–H groups in total. The summed E-state index contributed by atoms with van der Waals surface area (Å²) in [6, 6.07) is 4.06. The zero-order chi connectivity index (χ0) is 12.4. The van der Waals surface area contributed by atoms with Crippen LogP contribution in [0, 0.1) is 5.82 Å². The first kappa shape index (κ1) is 11.9.